The number of hydrogen-bond acceptors (Lipinski definition) is 3. The van der Waals surface area contributed by atoms with Gasteiger partial charge in [0.2, 0.25) is 0 Å². The normalized spacial score (nSPS) is 10.3. The summed E-state index contributed by atoms with van der Waals surface area (Å²) in [5.41, 5.74) is 0.469. The third-order valence-electron chi connectivity index (χ3n) is 2.40. The monoisotopic (exact) mass is 306 g/mol. The van der Waals surface area contributed by atoms with Crippen molar-refractivity contribution in [3.8, 4) is 0 Å². The van der Waals surface area contributed by atoms with E-state index < -0.39 is 0 Å². The fraction of sp³-hybridized carbons (Fsp3) is 0.417. The average molecular weight is 307 g/mol. The van der Waals surface area contributed by atoms with Gasteiger partial charge in [0.1, 0.15) is 0 Å². The number of halogens is 2. The van der Waals surface area contributed by atoms with Crippen molar-refractivity contribution in [2.75, 3.05) is 38.7 Å². The molecule has 0 aliphatic carbocycles. The molecule has 0 aliphatic rings. The van der Waals surface area contributed by atoms with E-state index in [1.165, 1.54) is 4.90 Å². The van der Waals surface area contributed by atoms with Crippen molar-refractivity contribution in [3.05, 3.63) is 28.2 Å². The Morgan fingerprint density at radius 1 is 1.42 bits per heavy atom. The van der Waals surface area contributed by atoms with E-state index in [9.17, 15) is 4.79 Å². The number of methoxy groups -OCH3 is 1. The van der Waals surface area contributed by atoms with Crippen LogP contribution in [0.3, 0.4) is 0 Å². The fourth-order valence-electron chi connectivity index (χ4n) is 1.42. The van der Waals surface area contributed by atoms with Crippen LogP contribution in [0.1, 0.15) is 0 Å². The third-order valence-corrected chi connectivity index (χ3v) is 2.94. The number of ether oxygens (including phenoxy) is 1. The van der Waals surface area contributed by atoms with Gasteiger partial charge in [-0.15, -0.1) is 0 Å². The van der Waals surface area contributed by atoms with Crippen LogP contribution in [0.25, 0.3) is 0 Å². The summed E-state index contributed by atoms with van der Waals surface area (Å²) in [6, 6.07) is 4.45. The molecule has 0 saturated carbocycles. The predicted octanol–water partition coefficient (Wildman–Crippen LogP) is 2.47. The number of aliphatic hydroxyl groups excluding tert-OH is 1. The second-order valence-corrected chi connectivity index (χ2v) is 4.60. The molecule has 0 atom stereocenters. The molecule has 0 aliphatic heterocycles. The summed E-state index contributed by atoms with van der Waals surface area (Å²) >= 11 is 11.7. The molecule has 1 rings (SSSR count). The molecule has 7 heteroatoms. The highest BCUT2D eigenvalue weighted by Gasteiger charge is 2.14. The molecule has 0 unspecified atom stereocenters. The van der Waals surface area contributed by atoms with Gasteiger partial charge in [-0.1, -0.05) is 23.2 Å². The number of hydrogen-bond donors (Lipinski definition) is 2. The third kappa shape index (κ3) is 5.24. The van der Waals surface area contributed by atoms with Crippen LogP contribution >= 0.6 is 23.2 Å². The summed E-state index contributed by atoms with van der Waals surface area (Å²) in [4.78, 5) is 13.4. The van der Waals surface area contributed by atoms with E-state index in [1.54, 1.807) is 25.3 Å². The minimum atomic E-state index is -0.352. The maximum Gasteiger partial charge on any atom is 0.322 e. The highest BCUT2D eigenvalue weighted by Crippen LogP contribution is 2.25. The lowest BCUT2D eigenvalue weighted by Gasteiger charge is -2.22. The van der Waals surface area contributed by atoms with Gasteiger partial charge >= 0.3 is 6.03 Å². The van der Waals surface area contributed by atoms with Crippen LogP contribution < -0.4 is 5.32 Å². The predicted molar refractivity (Wildman–Crippen MR) is 76.0 cm³/mol. The molecule has 2 amide bonds. The summed E-state index contributed by atoms with van der Waals surface area (Å²) in [6.07, 6.45) is 0. The Labute approximate surface area is 122 Å². The molecular weight excluding hydrogens is 291 g/mol. The first-order valence-electron chi connectivity index (χ1n) is 5.69. The fourth-order valence-corrected chi connectivity index (χ4v) is 1.88. The van der Waals surface area contributed by atoms with Crippen molar-refractivity contribution >= 4 is 34.9 Å². The van der Waals surface area contributed by atoms with Crippen molar-refractivity contribution in [1.82, 2.24) is 4.90 Å². The highest BCUT2D eigenvalue weighted by molar-refractivity contribution is 6.36. The van der Waals surface area contributed by atoms with E-state index in [0.29, 0.717) is 28.9 Å². The first-order chi connectivity index (χ1) is 9.08. The zero-order chi connectivity index (χ0) is 14.3. The number of carbonyl (C=O) groups is 1. The number of nitrogens with zero attached hydrogens (tertiary/aromatic N) is 1. The Kier molecular flexibility index (Phi) is 6.94. The van der Waals surface area contributed by atoms with Crippen LogP contribution in [0.4, 0.5) is 10.5 Å². The van der Waals surface area contributed by atoms with E-state index in [-0.39, 0.29) is 19.2 Å². The summed E-state index contributed by atoms with van der Waals surface area (Å²) in [7, 11) is 1.55. The maximum absolute atomic E-state index is 12.0. The molecule has 1 aromatic rings. The topological polar surface area (TPSA) is 61.8 Å². The largest absolute Gasteiger partial charge is 0.395 e. The Hall–Kier alpha value is -1.01. The zero-order valence-corrected chi connectivity index (χ0v) is 12.0. The van der Waals surface area contributed by atoms with Crippen molar-refractivity contribution in [2.45, 2.75) is 0 Å². The number of nitrogens with one attached hydrogen (secondary N) is 1. The van der Waals surface area contributed by atoms with Crippen LogP contribution in [0.2, 0.25) is 10.0 Å². The lowest BCUT2D eigenvalue weighted by molar-refractivity contribution is 0.142. The van der Waals surface area contributed by atoms with Gasteiger partial charge in [0, 0.05) is 25.2 Å². The number of rotatable bonds is 6. The minimum absolute atomic E-state index is 0.120. The summed E-state index contributed by atoms with van der Waals surface area (Å²) in [5, 5.41) is 12.4. The second-order valence-electron chi connectivity index (χ2n) is 3.76. The van der Waals surface area contributed by atoms with Crippen molar-refractivity contribution in [1.29, 1.82) is 0 Å². The van der Waals surface area contributed by atoms with Gasteiger partial charge < -0.3 is 20.1 Å². The quantitative estimate of drug-likeness (QED) is 0.848. The number of anilines is 1. The Balaban J connectivity index is 2.69. The van der Waals surface area contributed by atoms with Crippen LogP contribution in [0, 0.1) is 0 Å². The Morgan fingerprint density at radius 3 is 2.74 bits per heavy atom. The van der Waals surface area contributed by atoms with Crippen molar-refractivity contribution < 1.29 is 14.6 Å². The summed E-state index contributed by atoms with van der Waals surface area (Å²) in [6.45, 7) is 0.877. The van der Waals surface area contributed by atoms with Crippen LogP contribution in [0.15, 0.2) is 18.2 Å². The van der Waals surface area contributed by atoms with Crippen LogP contribution in [0.5, 0.6) is 0 Å². The number of carbonyl (C=O) groups excluding carboxylic acids is 1. The standard InChI is InChI=1S/C12H16Cl2N2O3/c1-19-7-5-16(4-6-17)12(18)15-11-3-2-9(13)8-10(11)14/h2-3,8,17H,4-7H2,1H3,(H,15,18). The lowest BCUT2D eigenvalue weighted by atomic mass is 10.3. The van der Waals surface area contributed by atoms with E-state index in [4.69, 9.17) is 33.0 Å². The van der Waals surface area contributed by atoms with E-state index >= 15 is 0 Å². The number of aliphatic hydroxyl groups is 1. The van der Waals surface area contributed by atoms with Crippen LogP contribution in [-0.2, 0) is 4.74 Å². The van der Waals surface area contributed by atoms with Gasteiger partial charge in [-0.05, 0) is 18.2 Å². The average Bonchev–Trinajstić information content (AvgIpc) is 2.37. The number of urea groups is 1. The molecule has 0 radical (unpaired) electrons. The van der Waals surface area contributed by atoms with Gasteiger partial charge in [0.25, 0.3) is 0 Å². The molecule has 2 N–H and O–H groups in total. The number of amides is 2. The van der Waals surface area contributed by atoms with Gasteiger partial charge in [-0.25, -0.2) is 4.79 Å². The van der Waals surface area contributed by atoms with Crippen molar-refractivity contribution in [2.24, 2.45) is 0 Å². The van der Waals surface area contributed by atoms with Gasteiger partial charge in [0.05, 0.1) is 23.9 Å². The first kappa shape index (κ1) is 16.0. The molecule has 5 nitrogen and oxygen atoms in total. The summed E-state index contributed by atoms with van der Waals surface area (Å²) < 4.78 is 4.91. The second kappa shape index (κ2) is 8.22. The van der Waals surface area contributed by atoms with Crippen LogP contribution in [-0.4, -0.2) is 49.5 Å². The molecule has 0 fully saturated rings. The summed E-state index contributed by atoms with van der Waals surface area (Å²) in [5.74, 6) is 0. The Morgan fingerprint density at radius 2 is 2.16 bits per heavy atom. The van der Waals surface area contributed by atoms with Gasteiger partial charge in [0.15, 0.2) is 0 Å². The minimum Gasteiger partial charge on any atom is -0.395 e. The lowest BCUT2D eigenvalue weighted by Crippen LogP contribution is -2.39. The van der Waals surface area contributed by atoms with Gasteiger partial charge in [-0.3, -0.25) is 0 Å². The molecule has 0 heterocycles. The van der Waals surface area contributed by atoms with Crippen molar-refractivity contribution in [3.63, 3.8) is 0 Å². The molecule has 0 aromatic heterocycles. The number of benzene rings is 1. The van der Waals surface area contributed by atoms with E-state index in [2.05, 4.69) is 5.32 Å². The molecular formula is C12H16Cl2N2O3. The zero-order valence-electron chi connectivity index (χ0n) is 10.5. The molecule has 19 heavy (non-hydrogen) atoms. The molecule has 106 valence electrons. The Bertz CT molecular complexity index is 429. The van der Waals surface area contributed by atoms with E-state index in [0.717, 1.165) is 0 Å². The van der Waals surface area contributed by atoms with E-state index in [1.807, 2.05) is 0 Å². The molecule has 0 saturated heterocycles. The smallest absolute Gasteiger partial charge is 0.322 e. The highest BCUT2D eigenvalue weighted by atomic mass is 35.5. The molecule has 1 aromatic carbocycles. The van der Waals surface area contributed by atoms with Gasteiger partial charge in [-0.2, -0.15) is 0 Å². The SMILES string of the molecule is COCCN(CCO)C(=O)Nc1ccc(Cl)cc1Cl. The first-order valence-corrected chi connectivity index (χ1v) is 6.45. The molecule has 0 bridgehead atoms. The maximum atomic E-state index is 12.0. The molecule has 0 spiro atoms.